The van der Waals surface area contributed by atoms with Gasteiger partial charge in [0, 0.05) is 23.7 Å². The van der Waals surface area contributed by atoms with Crippen LogP contribution in [0.5, 0.6) is 11.5 Å². The minimum atomic E-state index is -0.777. The predicted molar refractivity (Wildman–Crippen MR) is 111 cm³/mol. The summed E-state index contributed by atoms with van der Waals surface area (Å²) in [4.78, 5) is 31.2. The van der Waals surface area contributed by atoms with E-state index in [0.29, 0.717) is 28.9 Å². The molecule has 0 aliphatic carbocycles. The van der Waals surface area contributed by atoms with Crippen molar-refractivity contribution in [2.45, 2.75) is 12.6 Å². The number of carbonyl (C=O) groups is 2. The number of amides is 1. The first-order valence-electron chi connectivity index (χ1n) is 9.22. The Hall–Kier alpha value is -3.89. The minimum Gasteiger partial charge on any atom is -0.457 e. The lowest BCUT2D eigenvalue weighted by molar-refractivity contribution is -0.108. The third-order valence-electron chi connectivity index (χ3n) is 4.26. The summed E-state index contributed by atoms with van der Waals surface area (Å²) in [5.74, 6) is -0.0920. The number of aliphatic hydroxyl groups excluding tert-OH is 1. The second-order valence-corrected chi connectivity index (χ2v) is 6.49. The maximum absolute atomic E-state index is 13.1. The van der Waals surface area contributed by atoms with Gasteiger partial charge in [0.05, 0.1) is 12.6 Å². The van der Waals surface area contributed by atoms with Gasteiger partial charge in [0.25, 0.3) is 5.91 Å². The van der Waals surface area contributed by atoms with Crippen LogP contribution in [0.4, 0.5) is 10.2 Å². The summed E-state index contributed by atoms with van der Waals surface area (Å²) >= 11 is 0. The molecule has 0 unspecified atom stereocenters. The molecule has 0 fully saturated rings. The van der Waals surface area contributed by atoms with E-state index < -0.39 is 17.8 Å². The van der Waals surface area contributed by atoms with Crippen LogP contribution >= 0.6 is 0 Å². The highest BCUT2D eigenvalue weighted by Gasteiger charge is 2.15. The normalized spacial score (nSPS) is 11.6. The van der Waals surface area contributed by atoms with Gasteiger partial charge in [0.15, 0.2) is 5.82 Å². The number of hydrogen-bond acceptors (Lipinski definition) is 8. The summed E-state index contributed by atoms with van der Waals surface area (Å²) in [5.41, 5.74) is 11.7. The van der Waals surface area contributed by atoms with Crippen molar-refractivity contribution in [2.75, 3.05) is 11.9 Å². The van der Waals surface area contributed by atoms with Gasteiger partial charge in [-0.05, 0) is 42.5 Å². The third kappa shape index (κ3) is 5.38. The molecule has 0 bridgehead atoms. The van der Waals surface area contributed by atoms with Crippen LogP contribution in [-0.2, 0) is 11.4 Å². The maximum atomic E-state index is 13.1. The van der Waals surface area contributed by atoms with E-state index in [-0.39, 0.29) is 30.5 Å². The van der Waals surface area contributed by atoms with E-state index in [1.807, 2.05) is 0 Å². The fourth-order valence-electron chi connectivity index (χ4n) is 2.69. The Morgan fingerprint density at radius 1 is 1.19 bits per heavy atom. The smallest absolute Gasteiger partial charge is 0.267 e. The van der Waals surface area contributed by atoms with Crippen molar-refractivity contribution in [3.8, 4) is 22.9 Å². The van der Waals surface area contributed by atoms with Crippen molar-refractivity contribution in [3.63, 3.8) is 0 Å². The predicted octanol–water partition coefficient (Wildman–Crippen LogP) is 1.60. The summed E-state index contributed by atoms with van der Waals surface area (Å²) in [6.07, 6.45) is 0.622. The first-order chi connectivity index (χ1) is 14.9. The molecule has 9 nitrogen and oxygen atoms in total. The van der Waals surface area contributed by atoms with Crippen LogP contribution in [-0.4, -0.2) is 39.9 Å². The van der Waals surface area contributed by atoms with Crippen LogP contribution in [0.3, 0.4) is 0 Å². The molecule has 0 aliphatic rings. The van der Waals surface area contributed by atoms with Gasteiger partial charge in [0.2, 0.25) is 0 Å². The third-order valence-corrected chi connectivity index (χ3v) is 4.26. The number of aromatic nitrogens is 2. The average molecular weight is 425 g/mol. The second-order valence-electron chi connectivity index (χ2n) is 6.49. The van der Waals surface area contributed by atoms with Crippen molar-refractivity contribution < 1.29 is 23.8 Å². The fourth-order valence-corrected chi connectivity index (χ4v) is 2.69. The Kier molecular flexibility index (Phi) is 6.85. The van der Waals surface area contributed by atoms with Crippen LogP contribution in [0.2, 0.25) is 0 Å². The minimum absolute atomic E-state index is 0.0266. The summed E-state index contributed by atoms with van der Waals surface area (Å²) in [6.45, 7) is -0.329. The Bertz CT molecular complexity index is 1090. The molecular formula is C21H20FN5O4. The lowest BCUT2D eigenvalue weighted by Gasteiger charge is -2.14. The zero-order chi connectivity index (χ0) is 22.4. The van der Waals surface area contributed by atoms with E-state index in [4.69, 9.17) is 16.2 Å². The number of aliphatic hydroxyl groups is 1. The van der Waals surface area contributed by atoms with Crippen LogP contribution in [0.25, 0.3) is 11.4 Å². The monoisotopic (exact) mass is 425 g/mol. The molecule has 3 aromatic rings. The van der Waals surface area contributed by atoms with E-state index in [9.17, 15) is 19.1 Å². The molecule has 0 saturated heterocycles. The summed E-state index contributed by atoms with van der Waals surface area (Å²) in [6, 6.07) is 10.9. The molecule has 2 aromatic carbocycles. The standard InChI is InChI=1S/C21H20FN5O4/c22-14-2-4-16(5-3-14)31-18-6-1-12(7-13(18)10-28)21-26-17(20(24)30)8-19(27-21)25-15(9-23)11-29/h1-8,11,15,28H,9-10,23H2,(H2,24,30)(H,25,26,27)/t15-/m0/s1. The maximum Gasteiger partial charge on any atom is 0.267 e. The van der Waals surface area contributed by atoms with E-state index in [1.54, 1.807) is 18.2 Å². The molecule has 0 saturated carbocycles. The number of benzene rings is 2. The van der Waals surface area contributed by atoms with Crippen LogP contribution in [0.15, 0.2) is 48.5 Å². The SMILES string of the molecule is NC[C@@H](C=O)Nc1cc(C(N)=O)nc(-c2ccc(Oc3ccc(F)cc3)c(CO)c2)n1. The van der Waals surface area contributed by atoms with Gasteiger partial charge in [-0.2, -0.15) is 0 Å². The molecule has 3 rings (SSSR count). The molecule has 31 heavy (non-hydrogen) atoms. The zero-order valence-electron chi connectivity index (χ0n) is 16.3. The van der Waals surface area contributed by atoms with Crippen molar-refractivity contribution in [3.05, 3.63) is 65.6 Å². The quantitative estimate of drug-likeness (QED) is 0.377. The van der Waals surface area contributed by atoms with Crippen molar-refractivity contribution in [2.24, 2.45) is 11.5 Å². The average Bonchev–Trinajstić information content (AvgIpc) is 2.79. The fraction of sp³-hybridized carbons (Fsp3) is 0.143. The molecule has 0 spiro atoms. The number of halogens is 1. The van der Waals surface area contributed by atoms with Gasteiger partial charge in [-0.3, -0.25) is 4.79 Å². The first kappa shape index (κ1) is 21.8. The van der Waals surface area contributed by atoms with Gasteiger partial charge in [-0.1, -0.05) is 0 Å². The number of anilines is 1. The Balaban J connectivity index is 1.97. The van der Waals surface area contributed by atoms with Crippen LogP contribution in [0, 0.1) is 5.82 Å². The highest BCUT2D eigenvalue weighted by atomic mass is 19.1. The summed E-state index contributed by atoms with van der Waals surface area (Å²) in [5, 5.41) is 12.6. The zero-order valence-corrected chi connectivity index (χ0v) is 16.3. The number of nitrogens with one attached hydrogen (secondary N) is 1. The van der Waals surface area contributed by atoms with E-state index in [0.717, 1.165) is 0 Å². The molecule has 1 atom stereocenters. The van der Waals surface area contributed by atoms with E-state index in [1.165, 1.54) is 30.3 Å². The lowest BCUT2D eigenvalue weighted by atomic mass is 10.1. The molecule has 0 aliphatic heterocycles. The molecule has 10 heteroatoms. The molecular weight excluding hydrogens is 405 g/mol. The molecule has 6 N–H and O–H groups in total. The number of aldehydes is 1. The molecule has 1 aromatic heterocycles. The number of ether oxygens (including phenoxy) is 1. The Morgan fingerprint density at radius 2 is 1.94 bits per heavy atom. The van der Waals surface area contributed by atoms with Gasteiger partial charge in [0.1, 0.15) is 35.1 Å². The van der Waals surface area contributed by atoms with Gasteiger partial charge < -0.3 is 31.4 Å². The highest BCUT2D eigenvalue weighted by molar-refractivity contribution is 5.92. The Morgan fingerprint density at radius 3 is 2.55 bits per heavy atom. The van der Waals surface area contributed by atoms with Gasteiger partial charge in [-0.15, -0.1) is 0 Å². The summed E-state index contributed by atoms with van der Waals surface area (Å²) < 4.78 is 18.8. The largest absolute Gasteiger partial charge is 0.457 e. The topological polar surface area (TPSA) is 153 Å². The number of rotatable bonds is 9. The second kappa shape index (κ2) is 9.74. The molecule has 160 valence electrons. The number of nitrogens with zero attached hydrogens (tertiary/aromatic N) is 2. The van der Waals surface area contributed by atoms with Crippen molar-refractivity contribution >= 4 is 18.0 Å². The van der Waals surface area contributed by atoms with Crippen molar-refractivity contribution in [1.29, 1.82) is 0 Å². The molecule has 1 amide bonds. The Labute approximate surface area is 176 Å². The number of primary amides is 1. The molecule has 0 radical (unpaired) electrons. The van der Waals surface area contributed by atoms with E-state index in [2.05, 4.69) is 15.3 Å². The number of hydrogen-bond donors (Lipinski definition) is 4. The van der Waals surface area contributed by atoms with Gasteiger partial charge in [-0.25, -0.2) is 14.4 Å². The number of nitrogens with two attached hydrogens (primary N) is 2. The van der Waals surface area contributed by atoms with Crippen LogP contribution < -0.4 is 21.5 Å². The highest BCUT2D eigenvalue weighted by Crippen LogP contribution is 2.30. The molecule has 1 heterocycles. The summed E-state index contributed by atoms with van der Waals surface area (Å²) in [7, 11) is 0. The lowest BCUT2D eigenvalue weighted by Crippen LogP contribution is -2.30. The van der Waals surface area contributed by atoms with Gasteiger partial charge >= 0.3 is 0 Å². The van der Waals surface area contributed by atoms with E-state index >= 15 is 0 Å². The number of carbonyl (C=O) groups excluding carboxylic acids is 2. The van der Waals surface area contributed by atoms with Crippen molar-refractivity contribution in [1.82, 2.24) is 9.97 Å². The van der Waals surface area contributed by atoms with Crippen LogP contribution in [0.1, 0.15) is 16.1 Å². The first-order valence-corrected chi connectivity index (χ1v) is 9.22.